The van der Waals surface area contributed by atoms with E-state index in [2.05, 4.69) is 25.8 Å². The van der Waals surface area contributed by atoms with E-state index in [9.17, 15) is 4.79 Å². The number of hydrogen-bond acceptors (Lipinski definition) is 3. The van der Waals surface area contributed by atoms with Crippen LogP contribution in [0.3, 0.4) is 0 Å². The number of benzene rings is 1. The van der Waals surface area contributed by atoms with Gasteiger partial charge in [-0.25, -0.2) is 4.79 Å². The van der Waals surface area contributed by atoms with Crippen molar-refractivity contribution in [3.63, 3.8) is 0 Å². The highest BCUT2D eigenvalue weighted by molar-refractivity contribution is 5.85. The molecule has 0 atom stereocenters. The Morgan fingerprint density at radius 1 is 1.47 bits per heavy atom. The minimum atomic E-state index is -0.954. The Morgan fingerprint density at radius 2 is 2.21 bits per heavy atom. The number of hydrogen-bond donors (Lipinski definition) is 1. The Kier molecular flexibility index (Phi) is 6.09. The van der Waals surface area contributed by atoms with Gasteiger partial charge in [0.15, 0.2) is 0 Å². The number of likely N-dealkylation sites (N-methyl/N-ethyl adjacent to an activating group) is 1. The van der Waals surface area contributed by atoms with Crippen LogP contribution in [-0.4, -0.2) is 42.2 Å². The third-order valence-electron chi connectivity index (χ3n) is 2.87. The van der Waals surface area contributed by atoms with E-state index < -0.39 is 5.97 Å². The summed E-state index contributed by atoms with van der Waals surface area (Å²) >= 11 is 0. The van der Waals surface area contributed by atoms with Gasteiger partial charge in [-0.1, -0.05) is 12.1 Å². The second kappa shape index (κ2) is 7.59. The van der Waals surface area contributed by atoms with Crippen molar-refractivity contribution in [2.24, 2.45) is 0 Å². The zero-order chi connectivity index (χ0) is 14.3. The molecular formula is C15H21NO3. The molecular weight excluding hydrogens is 242 g/mol. The standard InChI is InChI=1S/C15H21NO3/c1-12(2)16(3)9-10-19-14-6-4-5-13(11-14)7-8-15(17)18/h4-8,11-12H,9-10H2,1-3H3,(H,17,18)/b8-7+. The highest BCUT2D eigenvalue weighted by Crippen LogP contribution is 2.14. The van der Waals surface area contributed by atoms with E-state index in [1.165, 1.54) is 0 Å². The zero-order valence-electron chi connectivity index (χ0n) is 11.7. The first-order valence-electron chi connectivity index (χ1n) is 6.33. The second-order valence-electron chi connectivity index (χ2n) is 4.67. The van der Waals surface area contributed by atoms with Gasteiger partial charge in [0.25, 0.3) is 0 Å². The predicted molar refractivity (Wildman–Crippen MR) is 76.4 cm³/mol. The number of nitrogens with zero attached hydrogens (tertiary/aromatic N) is 1. The van der Waals surface area contributed by atoms with Crippen LogP contribution >= 0.6 is 0 Å². The fraction of sp³-hybridized carbons (Fsp3) is 0.400. The number of ether oxygens (including phenoxy) is 1. The first kappa shape index (κ1) is 15.2. The van der Waals surface area contributed by atoms with Crippen molar-refractivity contribution in [1.29, 1.82) is 0 Å². The molecule has 0 amide bonds. The van der Waals surface area contributed by atoms with E-state index in [0.717, 1.165) is 23.9 Å². The molecule has 0 aliphatic carbocycles. The quantitative estimate of drug-likeness (QED) is 0.768. The maximum Gasteiger partial charge on any atom is 0.328 e. The fourth-order valence-corrected chi connectivity index (χ4v) is 1.44. The summed E-state index contributed by atoms with van der Waals surface area (Å²) in [4.78, 5) is 12.6. The van der Waals surface area contributed by atoms with E-state index >= 15 is 0 Å². The minimum absolute atomic E-state index is 0.494. The summed E-state index contributed by atoms with van der Waals surface area (Å²) < 4.78 is 5.65. The fourth-order valence-electron chi connectivity index (χ4n) is 1.44. The second-order valence-corrected chi connectivity index (χ2v) is 4.67. The Hall–Kier alpha value is -1.81. The highest BCUT2D eigenvalue weighted by Gasteiger charge is 2.03. The largest absolute Gasteiger partial charge is 0.492 e. The van der Waals surface area contributed by atoms with Gasteiger partial charge in [-0.15, -0.1) is 0 Å². The van der Waals surface area contributed by atoms with Gasteiger partial charge in [0.2, 0.25) is 0 Å². The summed E-state index contributed by atoms with van der Waals surface area (Å²) in [7, 11) is 2.06. The average Bonchev–Trinajstić information content (AvgIpc) is 2.36. The highest BCUT2D eigenvalue weighted by atomic mass is 16.5. The minimum Gasteiger partial charge on any atom is -0.492 e. The summed E-state index contributed by atoms with van der Waals surface area (Å²) in [5, 5.41) is 8.57. The summed E-state index contributed by atoms with van der Waals surface area (Å²) in [6.45, 7) is 5.74. The molecule has 0 saturated heterocycles. The molecule has 0 saturated carbocycles. The van der Waals surface area contributed by atoms with Crippen molar-refractivity contribution in [2.45, 2.75) is 19.9 Å². The van der Waals surface area contributed by atoms with Gasteiger partial charge in [-0.05, 0) is 44.7 Å². The zero-order valence-corrected chi connectivity index (χ0v) is 11.7. The van der Waals surface area contributed by atoms with Crippen molar-refractivity contribution < 1.29 is 14.6 Å². The molecule has 104 valence electrons. The monoisotopic (exact) mass is 263 g/mol. The molecule has 0 bridgehead atoms. The molecule has 0 radical (unpaired) electrons. The van der Waals surface area contributed by atoms with Crippen LogP contribution in [0.5, 0.6) is 5.75 Å². The molecule has 1 rings (SSSR count). The van der Waals surface area contributed by atoms with Crippen LogP contribution in [0.25, 0.3) is 6.08 Å². The molecule has 0 aliphatic rings. The van der Waals surface area contributed by atoms with E-state index in [1.807, 2.05) is 24.3 Å². The van der Waals surface area contributed by atoms with Crippen LogP contribution in [0.4, 0.5) is 0 Å². The molecule has 4 heteroatoms. The lowest BCUT2D eigenvalue weighted by atomic mass is 10.2. The van der Waals surface area contributed by atoms with Crippen molar-refractivity contribution in [1.82, 2.24) is 4.90 Å². The molecule has 0 spiro atoms. The van der Waals surface area contributed by atoms with Crippen molar-refractivity contribution in [3.05, 3.63) is 35.9 Å². The van der Waals surface area contributed by atoms with E-state index in [1.54, 1.807) is 6.08 Å². The molecule has 19 heavy (non-hydrogen) atoms. The molecule has 0 fully saturated rings. The summed E-state index contributed by atoms with van der Waals surface area (Å²) in [6.07, 6.45) is 2.67. The number of rotatable bonds is 7. The lowest BCUT2D eigenvalue weighted by Crippen LogP contribution is -2.30. The van der Waals surface area contributed by atoms with E-state index in [4.69, 9.17) is 9.84 Å². The molecule has 0 heterocycles. The molecule has 1 aromatic rings. The summed E-state index contributed by atoms with van der Waals surface area (Å²) in [5.74, 6) is -0.199. The predicted octanol–water partition coefficient (Wildman–Crippen LogP) is 2.50. The molecule has 0 aliphatic heterocycles. The maximum absolute atomic E-state index is 10.4. The third kappa shape index (κ3) is 6.06. The van der Waals surface area contributed by atoms with Gasteiger partial charge in [0.1, 0.15) is 12.4 Å². The lowest BCUT2D eigenvalue weighted by Gasteiger charge is -2.20. The first-order valence-corrected chi connectivity index (χ1v) is 6.33. The van der Waals surface area contributed by atoms with Gasteiger partial charge in [-0.3, -0.25) is 0 Å². The van der Waals surface area contributed by atoms with Gasteiger partial charge in [0, 0.05) is 18.7 Å². The van der Waals surface area contributed by atoms with Gasteiger partial charge < -0.3 is 14.7 Å². The molecule has 1 aromatic carbocycles. The van der Waals surface area contributed by atoms with Crippen LogP contribution in [0.15, 0.2) is 30.3 Å². The number of carboxylic acids is 1. The summed E-state index contributed by atoms with van der Waals surface area (Å²) in [6, 6.07) is 7.88. The lowest BCUT2D eigenvalue weighted by molar-refractivity contribution is -0.131. The topological polar surface area (TPSA) is 49.8 Å². The van der Waals surface area contributed by atoms with Gasteiger partial charge >= 0.3 is 5.97 Å². The van der Waals surface area contributed by atoms with Gasteiger partial charge in [0.05, 0.1) is 0 Å². The number of carbonyl (C=O) groups is 1. The van der Waals surface area contributed by atoms with Crippen LogP contribution in [0.1, 0.15) is 19.4 Å². The molecule has 4 nitrogen and oxygen atoms in total. The molecule has 0 aromatic heterocycles. The van der Waals surface area contributed by atoms with Crippen molar-refractivity contribution in [2.75, 3.05) is 20.2 Å². The average molecular weight is 263 g/mol. The van der Waals surface area contributed by atoms with E-state index in [0.29, 0.717) is 12.6 Å². The van der Waals surface area contributed by atoms with Crippen LogP contribution in [0, 0.1) is 0 Å². The smallest absolute Gasteiger partial charge is 0.328 e. The Labute approximate surface area is 114 Å². The first-order chi connectivity index (χ1) is 8.99. The SMILES string of the molecule is CC(C)N(C)CCOc1cccc(/C=C/C(=O)O)c1. The van der Waals surface area contributed by atoms with Gasteiger partial charge in [-0.2, -0.15) is 0 Å². The Balaban J connectivity index is 2.51. The Bertz CT molecular complexity index is 441. The third-order valence-corrected chi connectivity index (χ3v) is 2.87. The normalized spacial score (nSPS) is 11.4. The molecule has 0 unspecified atom stereocenters. The number of carboxylic acid groups (broad SMARTS) is 1. The van der Waals surface area contributed by atoms with Crippen molar-refractivity contribution in [3.8, 4) is 5.75 Å². The number of aliphatic carboxylic acids is 1. The maximum atomic E-state index is 10.4. The summed E-state index contributed by atoms with van der Waals surface area (Å²) in [5.41, 5.74) is 0.817. The van der Waals surface area contributed by atoms with Crippen LogP contribution < -0.4 is 4.74 Å². The molecule has 1 N–H and O–H groups in total. The van der Waals surface area contributed by atoms with Crippen LogP contribution in [0.2, 0.25) is 0 Å². The van der Waals surface area contributed by atoms with E-state index in [-0.39, 0.29) is 0 Å². The van der Waals surface area contributed by atoms with Crippen LogP contribution in [-0.2, 0) is 4.79 Å². The Morgan fingerprint density at radius 3 is 2.84 bits per heavy atom. The van der Waals surface area contributed by atoms with Crippen molar-refractivity contribution >= 4 is 12.0 Å².